The Morgan fingerprint density at radius 2 is 2.00 bits per heavy atom. The van der Waals surface area contributed by atoms with Gasteiger partial charge in [-0.15, -0.1) is 0 Å². The second-order valence-electron chi connectivity index (χ2n) is 5.76. The van der Waals surface area contributed by atoms with Crippen LogP contribution in [0.4, 0.5) is 0 Å². The lowest BCUT2D eigenvalue weighted by Gasteiger charge is -2.38. The molecule has 3 nitrogen and oxygen atoms in total. The summed E-state index contributed by atoms with van der Waals surface area (Å²) in [6.07, 6.45) is 0. The molecule has 104 valence electrons. The highest BCUT2D eigenvalue weighted by atomic mass is 32.2. The normalized spacial score (nSPS) is 20.1. The highest BCUT2D eigenvalue weighted by Gasteiger charge is 2.32. The van der Waals surface area contributed by atoms with Gasteiger partial charge in [-0.05, 0) is 26.3 Å². The summed E-state index contributed by atoms with van der Waals surface area (Å²) in [5.74, 6) is 1.02. The lowest BCUT2D eigenvalue weighted by atomic mass is 10.0. The van der Waals surface area contributed by atoms with Gasteiger partial charge in [-0.3, -0.25) is 4.79 Å². The fraction of sp³-hybridized carbons (Fsp3) is 0.533. The first-order valence-corrected chi connectivity index (χ1v) is 7.62. The predicted octanol–water partition coefficient (Wildman–Crippen LogP) is 2.35. The molecule has 0 bridgehead atoms. The van der Waals surface area contributed by atoms with Crippen molar-refractivity contribution in [3.63, 3.8) is 0 Å². The summed E-state index contributed by atoms with van der Waals surface area (Å²) in [4.78, 5) is 14.4. The largest absolute Gasteiger partial charge is 0.339 e. The molecule has 1 atom stereocenters. The van der Waals surface area contributed by atoms with Crippen molar-refractivity contribution < 1.29 is 4.79 Å². The van der Waals surface area contributed by atoms with Crippen LogP contribution in [-0.4, -0.2) is 34.4 Å². The lowest BCUT2D eigenvalue weighted by molar-refractivity contribution is -0.133. The number of carbonyl (C=O) groups is 1. The van der Waals surface area contributed by atoms with E-state index in [4.69, 9.17) is 5.73 Å². The molecule has 0 saturated carbocycles. The summed E-state index contributed by atoms with van der Waals surface area (Å²) in [5, 5.41) is 0. The summed E-state index contributed by atoms with van der Waals surface area (Å²) < 4.78 is 0.126. The average molecular weight is 278 g/mol. The minimum atomic E-state index is -0.542. The van der Waals surface area contributed by atoms with Crippen LogP contribution < -0.4 is 5.73 Å². The molecule has 1 aromatic carbocycles. The van der Waals surface area contributed by atoms with E-state index in [2.05, 4.69) is 13.8 Å². The average Bonchev–Trinajstić information content (AvgIpc) is 2.37. The highest BCUT2D eigenvalue weighted by Crippen LogP contribution is 2.30. The molecule has 1 amide bonds. The van der Waals surface area contributed by atoms with Crippen molar-refractivity contribution in [3.05, 3.63) is 35.4 Å². The van der Waals surface area contributed by atoms with Gasteiger partial charge in [0.15, 0.2) is 0 Å². The van der Waals surface area contributed by atoms with Crippen molar-refractivity contribution in [2.75, 3.05) is 18.8 Å². The van der Waals surface area contributed by atoms with Crippen molar-refractivity contribution in [1.82, 2.24) is 4.90 Å². The quantitative estimate of drug-likeness (QED) is 0.903. The zero-order valence-corrected chi connectivity index (χ0v) is 12.7. The third-order valence-corrected chi connectivity index (χ3v) is 4.74. The maximum atomic E-state index is 12.5. The highest BCUT2D eigenvalue weighted by molar-refractivity contribution is 8.00. The molecule has 1 heterocycles. The van der Waals surface area contributed by atoms with E-state index in [0.29, 0.717) is 0 Å². The van der Waals surface area contributed by atoms with Gasteiger partial charge in [0.05, 0.1) is 0 Å². The van der Waals surface area contributed by atoms with Crippen LogP contribution in [0.15, 0.2) is 24.3 Å². The molecule has 2 N–H and O–H groups in total. The SMILES string of the molecule is Cc1ccc(C(N)C(=O)N2CCSC(C)(C)C2)cc1. The van der Waals surface area contributed by atoms with E-state index in [1.165, 1.54) is 5.56 Å². The van der Waals surface area contributed by atoms with Crippen LogP contribution in [-0.2, 0) is 4.79 Å². The fourth-order valence-corrected chi connectivity index (χ4v) is 3.43. The smallest absolute Gasteiger partial charge is 0.244 e. The Morgan fingerprint density at radius 1 is 1.37 bits per heavy atom. The number of benzene rings is 1. The molecular weight excluding hydrogens is 256 g/mol. The van der Waals surface area contributed by atoms with Gasteiger partial charge in [0.25, 0.3) is 0 Å². The second-order valence-corrected chi connectivity index (χ2v) is 7.56. The maximum Gasteiger partial charge on any atom is 0.244 e. The number of nitrogens with two attached hydrogens (primary N) is 1. The Balaban J connectivity index is 2.08. The number of hydrogen-bond acceptors (Lipinski definition) is 3. The molecule has 1 unspecified atom stereocenters. The number of hydrogen-bond donors (Lipinski definition) is 1. The molecule has 0 spiro atoms. The number of thioether (sulfide) groups is 1. The van der Waals surface area contributed by atoms with Crippen LogP contribution in [0.5, 0.6) is 0 Å². The van der Waals surface area contributed by atoms with Crippen LogP contribution in [0, 0.1) is 6.92 Å². The van der Waals surface area contributed by atoms with Crippen molar-refractivity contribution >= 4 is 17.7 Å². The van der Waals surface area contributed by atoms with Crippen LogP contribution in [0.25, 0.3) is 0 Å². The van der Waals surface area contributed by atoms with Crippen molar-refractivity contribution in [1.29, 1.82) is 0 Å². The molecular formula is C15H22N2OS. The number of rotatable bonds is 2. The van der Waals surface area contributed by atoms with Crippen LogP contribution in [0.2, 0.25) is 0 Å². The van der Waals surface area contributed by atoms with Gasteiger partial charge in [0, 0.05) is 23.6 Å². The number of amides is 1. The van der Waals surface area contributed by atoms with E-state index in [-0.39, 0.29) is 10.7 Å². The molecule has 4 heteroatoms. The monoisotopic (exact) mass is 278 g/mol. The van der Waals surface area contributed by atoms with Gasteiger partial charge in [-0.25, -0.2) is 0 Å². The summed E-state index contributed by atoms with van der Waals surface area (Å²) in [7, 11) is 0. The molecule has 0 aliphatic carbocycles. The zero-order chi connectivity index (χ0) is 14.0. The predicted molar refractivity (Wildman–Crippen MR) is 81.2 cm³/mol. The van der Waals surface area contributed by atoms with Crippen molar-refractivity contribution in [3.8, 4) is 0 Å². The van der Waals surface area contributed by atoms with Gasteiger partial charge < -0.3 is 10.6 Å². The van der Waals surface area contributed by atoms with Gasteiger partial charge in [0.1, 0.15) is 6.04 Å². The molecule has 0 aromatic heterocycles. The first kappa shape index (κ1) is 14.4. The molecule has 0 radical (unpaired) electrons. The van der Waals surface area contributed by atoms with E-state index in [0.717, 1.165) is 24.4 Å². The summed E-state index contributed by atoms with van der Waals surface area (Å²) in [6, 6.07) is 7.35. The van der Waals surface area contributed by atoms with Gasteiger partial charge in [0.2, 0.25) is 5.91 Å². The standard InChI is InChI=1S/C15H22N2OS/c1-11-4-6-12(7-5-11)13(16)14(18)17-8-9-19-15(2,3)10-17/h4-7,13H,8-10,16H2,1-3H3. The van der Waals surface area contributed by atoms with E-state index < -0.39 is 6.04 Å². The van der Waals surface area contributed by atoms with Crippen LogP contribution in [0.3, 0.4) is 0 Å². The van der Waals surface area contributed by atoms with Gasteiger partial charge in [-0.2, -0.15) is 11.8 Å². The fourth-order valence-electron chi connectivity index (χ4n) is 2.32. The minimum absolute atomic E-state index is 0.0391. The van der Waals surface area contributed by atoms with Crippen LogP contribution in [0.1, 0.15) is 31.0 Å². The summed E-state index contributed by atoms with van der Waals surface area (Å²) in [5.41, 5.74) is 8.18. The number of aryl methyl sites for hydroxylation is 1. The zero-order valence-electron chi connectivity index (χ0n) is 11.8. The minimum Gasteiger partial charge on any atom is -0.339 e. The maximum absolute atomic E-state index is 12.5. The molecule has 1 saturated heterocycles. The van der Waals surface area contributed by atoms with E-state index in [1.54, 1.807) is 0 Å². The molecule has 1 fully saturated rings. The molecule has 2 rings (SSSR count). The second kappa shape index (κ2) is 5.55. The Hall–Kier alpha value is -1.00. The summed E-state index contributed by atoms with van der Waals surface area (Å²) >= 11 is 1.92. The topological polar surface area (TPSA) is 46.3 Å². The number of carbonyl (C=O) groups excluding carboxylic acids is 1. The molecule has 1 aromatic rings. The first-order valence-electron chi connectivity index (χ1n) is 6.64. The Kier molecular flexibility index (Phi) is 4.21. The van der Waals surface area contributed by atoms with Crippen LogP contribution >= 0.6 is 11.8 Å². The van der Waals surface area contributed by atoms with E-state index in [9.17, 15) is 4.79 Å². The third kappa shape index (κ3) is 3.51. The Bertz CT molecular complexity index is 456. The third-order valence-electron chi connectivity index (χ3n) is 3.44. The van der Waals surface area contributed by atoms with E-state index >= 15 is 0 Å². The Morgan fingerprint density at radius 3 is 2.58 bits per heavy atom. The van der Waals surface area contributed by atoms with Crippen molar-refractivity contribution in [2.24, 2.45) is 5.73 Å². The van der Waals surface area contributed by atoms with Gasteiger partial charge in [-0.1, -0.05) is 29.8 Å². The first-order chi connectivity index (χ1) is 8.89. The lowest BCUT2D eigenvalue weighted by Crippen LogP contribution is -2.49. The number of nitrogens with zero attached hydrogens (tertiary/aromatic N) is 1. The van der Waals surface area contributed by atoms with Crippen molar-refractivity contribution in [2.45, 2.75) is 31.6 Å². The summed E-state index contributed by atoms with van der Waals surface area (Å²) in [6.45, 7) is 7.95. The van der Waals surface area contributed by atoms with Gasteiger partial charge >= 0.3 is 0 Å². The van der Waals surface area contributed by atoms with E-state index in [1.807, 2.05) is 47.9 Å². The molecule has 1 aliphatic heterocycles. The Labute approximate surface area is 119 Å². The molecule has 19 heavy (non-hydrogen) atoms. The molecule has 1 aliphatic rings.